The van der Waals surface area contributed by atoms with E-state index in [0.29, 0.717) is 31.6 Å². The predicted octanol–water partition coefficient (Wildman–Crippen LogP) is 3.08. The lowest BCUT2D eigenvalue weighted by Gasteiger charge is -2.11. The number of hydrogen-bond acceptors (Lipinski definition) is 4. The van der Waals surface area contributed by atoms with Gasteiger partial charge in [0.15, 0.2) is 0 Å². The topological polar surface area (TPSA) is 88.8 Å². The second-order valence-electron chi connectivity index (χ2n) is 5.61. The minimum atomic E-state index is -1.20. The first kappa shape index (κ1) is 21.9. The fraction of sp³-hybridized carbons (Fsp3) is 0.500. The molecule has 6 nitrogen and oxygen atoms in total. The fourth-order valence-corrected chi connectivity index (χ4v) is 2.66. The Morgan fingerprint density at radius 3 is 2.50 bits per heavy atom. The molecule has 0 fully saturated rings. The zero-order valence-corrected chi connectivity index (χ0v) is 15.8. The number of pyridine rings is 1. The van der Waals surface area contributed by atoms with Crippen LogP contribution in [0.5, 0.6) is 0 Å². The van der Waals surface area contributed by atoms with Crippen LogP contribution in [0.2, 0.25) is 0 Å². The number of nitrogens with zero attached hydrogens (tertiary/aromatic N) is 1. The Morgan fingerprint density at radius 2 is 1.88 bits per heavy atom. The van der Waals surface area contributed by atoms with Crippen molar-refractivity contribution in [3.05, 3.63) is 45.7 Å². The van der Waals surface area contributed by atoms with Gasteiger partial charge in [-0.25, -0.2) is 4.79 Å². The van der Waals surface area contributed by atoms with E-state index in [1.165, 1.54) is 6.20 Å². The number of carbonyl (C=O) groups is 1. The van der Waals surface area contributed by atoms with Gasteiger partial charge in [0.05, 0.1) is 5.52 Å². The van der Waals surface area contributed by atoms with E-state index in [1.54, 1.807) is 10.6 Å². The van der Waals surface area contributed by atoms with Crippen molar-refractivity contribution >= 4 is 16.9 Å². The molecule has 144 valence electrons. The molecule has 0 aliphatic heterocycles. The summed E-state index contributed by atoms with van der Waals surface area (Å²) in [6, 6.07) is 5.61. The van der Waals surface area contributed by atoms with Gasteiger partial charge in [0.2, 0.25) is 5.43 Å². The number of carboxylic acid groups (broad SMARTS) is 1. The average Bonchev–Trinajstić information content (AvgIpc) is 2.66. The number of fused-ring (bicyclic) bond motifs is 1. The molecule has 1 aromatic heterocycles. The van der Waals surface area contributed by atoms with Gasteiger partial charge in [-0.3, -0.25) is 4.79 Å². The Morgan fingerprint density at radius 1 is 1.19 bits per heavy atom. The fourth-order valence-electron chi connectivity index (χ4n) is 2.66. The molecule has 2 aromatic rings. The summed E-state index contributed by atoms with van der Waals surface area (Å²) in [5.74, 6) is -1.20. The molecule has 1 heterocycles. The smallest absolute Gasteiger partial charge is 0.341 e. The van der Waals surface area contributed by atoms with Crippen LogP contribution in [-0.2, 0) is 17.7 Å². The Labute approximate surface area is 154 Å². The van der Waals surface area contributed by atoms with Gasteiger partial charge >= 0.3 is 5.97 Å². The van der Waals surface area contributed by atoms with Gasteiger partial charge in [-0.15, -0.1) is 0 Å². The normalized spacial score (nSPS) is 10.5. The second kappa shape index (κ2) is 11.4. The molecule has 6 heteroatoms. The van der Waals surface area contributed by atoms with Crippen LogP contribution in [0.3, 0.4) is 0 Å². The third-order valence-electron chi connectivity index (χ3n) is 3.92. The number of rotatable bonds is 9. The molecule has 0 aliphatic rings. The lowest BCUT2D eigenvalue weighted by molar-refractivity contribution is 0.0695. The number of aliphatic hydroxyl groups is 1. The molecular formula is C20H29NO5. The molecule has 2 rings (SSSR count). The number of carboxylic acids is 1. The third-order valence-corrected chi connectivity index (χ3v) is 3.92. The van der Waals surface area contributed by atoms with E-state index >= 15 is 0 Å². The molecule has 0 amide bonds. The summed E-state index contributed by atoms with van der Waals surface area (Å²) < 4.78 is 7.17. The number of hydrogen-bond donors (Lipinski definition) is 2. The Kier molecular flexibility index (Phi) is 9.62. The van der Waals surface area contributed by atoms with Crippen LogP contribution >= 0.6 is 0 Å². The molecule has 0 unspecified atom stereocenters. The highest BCUT2D eigenvalue weighted by Crippen LogP contribution is 2.16. The maximum Gasteiger partial charge on any atom is 0.341 e. The summed E-state index contributed by atoms with van der Waals surface area (Å²) in [7, 11) is 0. The molecule has 0 spiro atoms. The van der Waals surface area contributed by atoms with E-state index in [9.17, 15) is 14.7 Å². The SMILES string of the molecule is CC.CCn1cc(C(=O)O)c(=O)c2cc(CCCOCCCO)ccc21. The largest absolute Gasteiger partial charge is 0.477 e. The van der Waals surface area contributed by atoms with Gasteiger partial charge in [0.25, 0.3) is 0 Å². The van der Waals surface area contributed by atoms with Crippen molar-refractivity contribution in [3.8, 4) is 0 Å². The van der Waals surface area contributed by atoms with Crippen molar-refractivity contribution in [1.29, 1.82) is 0 Å². The van der Waals surface area contributed by atoms with Crippen molar-refractivity contribution < 1.29 is 19.7 Å². The number of ether oxygens (including phenoxy) is 1. The van der Waals surface area contributed by atoms with Crippen LogP contribution in [-0.4, -0.2) is 40.6 Å². The number of aryl methyl sites for hydroxylation is 2. The number of aliphatic hydroxyl groups excluding tert-OH is 1. The van der Waals surface area contributed by atoms with Crippen LogP contribution in [0, 0.1) is 0 Å². The number of benzene rings is 1. The zero-order valence-electron chi connectivity index (χ0n) is 15.8. The van der Waals surface area contributed by atoms with E-state index in [1.807, 2.05) is 32.9 Å². The minimum absolute atomic E-state index is 0.125. The van der Waals surface area contributed by atoms with Crippen molar-refractivity contribution in [2.24, 2.45) is 0 Å². The van der Waals surface area contributed by atoms with Crippen LogP contribution in [0.1, 0.15) is 49.5 Å². The molecule has 2 N–H and O–H groups in total. The lowest BCUT2D eigenvalue weighted by atomic mass is 10.0. The second-order valence-corrected chi connectivity index (χ2v) is 5.61. The zero-order chi connectivity index (χ0) is 19.5. The maximum atomic E-state index is 12.4. The molecule has 0 atom stereocenters. The number of aromatic carboxylic acids is 1. The molecular weight excluding hydrogens is 334 g/mol. The van der Waals surface area contributed by atoms with E-state index in [4.69, 9.17) is 9.84 Å². The van der Waals surface area contributed by atoms with Gasteiger partial charge in [-0.1, -0.05) is 19.9 Å². The quantitative estimate of drug-likeness (QED) is 0.669. The summed E-state index contributed by atoms with van der Waals surface area (Å²) in [5, 5.41) is 18.3. The summed E-state index contributed by atoms with van der Waals surface area (Å²) in [6.45, 7) is 7.76. The van der Waals surface area contributed by atoms with Gasteiger partial charge in [-0.05, 0) is 43.9 Å². The van der Waals surface area contributed by atoms with Crippen molar-refractivity contribution in [1.82, 2.24) is 4.57 Å². The first-order valence-corrected chi connectivity index (χ1v) is 9.16. The van der Waals surface area contributed by atoms with Crippen LogP contribution in [0.25, 0.3) is 10.9 Å². The molecule has 0 saturated carbocycles. The highest BCUT2D eigenvalue weighted by Gasteiger charge is 2.14. The molecule has 0 radical (unpaired) electrons. The predicted molar refractivity (Wildman–Crippen MR) is 103 cm³/mol. The van der Waals surface area contributed by atoms with Crippen molar-refractivity contribution in [2.75, 3.05) is 19.8 Å². The van der Waals surface area contributed by atoms with E-state index in [2.05, 4.69) is 0 Å². The standard InChI is InChI=1S/C18H23NO5.C2H6/c1-2-19-12-15(18(22)23)17(21)14-11-13(6-7-16(14)19)5-3-9-24-10-4-8-20;1-2/h6-7,11-12,20H,2-5,8-10H2,1H3,(H,22,23);1-2H3. The monoisotopic (exact) mass is 363 g/mol. The molecule has 0 saturated heterocycles. The third kappa shape index (κ3) is 5.68. The van der Waals surface area contributed by atoms with Crippen LogP contribution < -0.4 is 5.43 Å². The van der Waals surface area contributed by atoms with Gasteiger partial charge in [0.1, 0.15) is 5.56 Å². The molecule has 0 aliphatic carbocycles. The highest BCUT2D eigenvalue weighted by atomic mass is 16.5. The first-order valence-electron chi connectivity index (χ1n) is 9.16. The molecule has 0 bridgehead atoms. The molecule has 26 heavy (non-hydrogen) atoms. The lowest BCUT2D eigenvalue weighted by Crippen LogP contribution is -2.18. The summed E-state index contributed by atoms with van der Waals surface area (Å²) >= 11 is 0. The van der Waals surface area contributed by atoms with E-state index in [-0.39, 0.29) is 12.2 Å². The van der Waals surface area contributed by atoms with Crippen molar-refractivity contribution in [2.45, 2.75) is 46.6 Å². The number of aromatic nitrogens is 1. The summed E-state index contributed by atoms with van der Waals surface area (Å²) in [4.78, 5) is 23.7. The minimum Gasteiger partial charge on any atom is -0.477 e. The van der Waals surface area contributed by atoms with Crippen LogP contribution in [0.15, 0.2) is 29.2 Å². The van der Waals surface area contributed by atoms with E-state index < -0.39 is 11.4 Å². The van der Waals surface area contributed by atoms with E-state index in [0.717, 1.165) is 23.9 Å². The first-order chi connectivity index (χ1) is 12.6. The average molecular weight is 363 g/mol. The Hall–Kier alpha value is -2.18. The van der Waals surface area contributed by atoms with Crippen LogP contribution in [0.4, 0.5) is 0 Å². The Bertz CT molecular complexity index is 767. The highest BCUT2D eigenvalue weighted by molar-refractivity contribution is 5.92. The maximum absolute atomic E-state index is 12.4. The van der Waals surface area contributed by atoms with Crippen molar-refractivity contribution in [3.63, 3.8) is 0 Å². The summed E-state index contributed by atoms with van der Waals surface area (Å²) in [6.07, 6.45) is 3.58. The Balaban J connectivity index is 0.00000163. The summed E-state index contributed by atoms with van der Waals surface area (Å²) in [5.41, 5.74) is 1.09. The van der Waals surface area contributed by atoms with Gasteiger partial charge < -0.3 is 19.5 Å². The van der Waals surface area contributed by atoms with Gasteiger partial charge in [0, 0.05) is 37.9 Å². The molecule has 1 aromatic carbocycles. The van der Waals surface area contributed by atoms with Gasteiger partial charge in [-0.2, -0.15) is 0 Å².